The van der Waals surface area contributed by atoms with E-state index in [9.17, 15) is 9.59 Å². The summed E-state index contributed by atoms with van der Waals surface area (Å²) in [6.45, 7) is 4.59. The average molecular weight is 242 g/mol. The normalized spacial score (nSPS) is 22.1. The molecule has 98 valence electrons. The molecular weight excluding hydrogens is 220 g/mol. The van der Waals surface area contributed by atoms with E-state index in [1.807, 2.05) is 6.92 Å². The van der Waals surface area contributed by atoms with E-state index in [0.717, 1.165) is 12.8 Å². The largest absolute Gasteiger partial charge is 0.464 e. The second kappa shape index (κ2) is 6.59. The van der Waals surface area contributed by atoms with Crippen LogP contribution < -0.4 is 5.73 Å². The van der Waals surface area contributed by atoms with Gasteiger partial charge in [0.05, 0.1) is 12.6 Å². The summed E-state index contributed by atoms with van der Waals surface area (Å²) in [5.41, 5.74) is 5.74. The van der Waals surface area contributed by atoms with Gasteiger partial charge in [-0.05, 0) is 32.6 Å². The van der Waals surface area contributed by atoms with Crippen LogP contribution in [0, 0.1) is 0 Å². The number of carbonyl (C=O) groups is 2. The molecule has 1 aliphatic rings. The summed E-state index contributed by atoms with van der Waals surface area (Å²) >= 11 is 0. The van der Waals surface area contributed by atoms with Gasteiger partial charge in [0.1, 0.15) is 6.04 Å². The standard InChI is InChI=1S/C12H22N2O3/c1-3-9(13)11(15)14-8-6-5-7-10(14)12(16)17-4-2/h9-10H,3-8,13H2,1-2H3/t9-,10?/m0/s1. The van der Waals surface area contributed by atoms with Crippen LogP contribution in [0.1, 0.15) is 39.5 Å². The van der Waals surface area contributed by atoms with E-state index in [1.54, 1.807) is 11.8 Å². The van der Waals surface area contributed by atoms with Crippen molar-refractivity contribution in [1.29, 1.82) is 0 Å². The molecule has 0 aromatic rings. The molecular formula is C12H22N2O3. The first-order valence-corrected chi connectivity index (χ1v) is 6.34. The van der Waals surface area contributed by atoms with E-state index in [-0.39, 0.29) is 11.9 Å². The predicted molar refractivity (Wildman–Crippen MR) is 64.3 cm³/mol. The molecule has 2 atom stereocenters. The van der Waals surface area contributed by atoms with Crippen LogP contribution in [-0.4, -0.2) is 42.0 Å². The van der Waals surface area contributed by atoms with Gasteiger partial charge >= 0.3 is 5.97 Å². The number of rotatable bonds is 4. The highest BCUT2D eigenvalue weighted by atomic mass is 16.5. The zero-order valence-electron chi connectivity index (χ0n) is 10.6. The zero-order chi connectivity index (χ0) is 12.8. The minimum absolute atomic E-state index is 0.134. The highest BCUT2D eigenvalue weighted by Gasteiger charge is 2.34. The van der Waals surface area contributed by atoms with E-state index < -0.39 is 12.1 Å². The Balaban J connectivity index is 2.71. The maximum atomic E-state index is 12.0. The van der Waals surface area contributed by atoms with Crippen LogP contribution in [-0.2, 0) is 14.3 Å². The molecule has 0 aliphatic carbocycles. The first-order valence-electron chi connectivity index (χ1n) is 6.34. The third kappa shape index (κ3) is 3.43. The van der Waals surface area contributed by atoms with Crippen molar-refractivity contribution < 1.29 is 14.3 Å². The number of hydrogen-bond acceptors (Lipinski definition) is 4. The molecule has 1 unspecified atom stereocenters. The van der Waals surface area contributed by atoms with Crippen molar-refractivity contribution in [2.45, 2.75) is 51.6 Å². The lowest BCUT2D eigenvalue weighted by Crippen LogP contribution is -2.53. The Morgan fingerprint density at radius 3 is 2.71 bits per heavy atom. The summed E-state index contributed by atoms with van der Waals surface area (Å²) in [5.74, 6) is -0.436. The lowest BCUT2D eigenvalue weighted by atomic mass is 10.0. The van der Waals surface area contributed by atoms with E-state index in [1.165, 1.54) is 0 Å². The van der Waals surface area contributed by atoms with Gasteiger partial charge in [-0.2, -0.15) is 0 Å². The second-order valence-electron chi connectivity index (χ2n) is 4.31. The molecule has 5 heteroatoms. The van der Waals surface area contributed by atoms with Crippen molar-refractivity contribution >= 4 is 11.9 Å². The van der Waals surface area contributed by atoms with Gasteiger partial charge in [-0.1, -0.05) is 6.92 Å². The molecule has 1 rings (SSSR count). The fourth-order valence-corrected chi connectivity index (χ4v) is 2.07. The fourth-order valence-electron chi connectivity index (χ4n) is 2.07. The van der Waals surface area contributed by atoms with Gasteiger partial charge < -0.3 is 15.4 Å². The van der Waals surface area contributed by atoms with Crippen molar-refractivity contribution in [2.75, 3.05) is 13.2 Å². The quantitative estimate of drug-likeness (QED) is 0.735. The minimum atomic E-state index is -0.509. The Kier molecular flexibility index (Phi) is 5.41. The molecule has 0 spiro atoms. The lowest BCUT2D eigenvalue weighted by Gasteiger charge is -2.35. The fraction of sp³-hybridized carbons (Fsp3) is 0.833. The van der Waals surface area contributed by atoms with Crippen molar-refractivity contribution in [3.05, 3.63) is 0 Å². The van der Waals surface area contributed by atoms with Crippen molar-refractivity contribution in [1.82, 2.24) is 4.90 Å². The number of nitrogens with two attached hydrogens (primary N) is 1. The molecule has 17 heavy (non-hydrogen) atoms. The number of amides is 1. The van der Waals surface area contributed by atoms with E-state index in [4.69, 9.17) is 10.5 Å². The monoisotopic (exact) mass is 242 g/mol. The number of piperidine rings is 1. The molecule has 0 aromatic carbocycles. The van der Waals surface area contributed by atoms with E-state index in [0.29, 0.717) is 26.0 Å². The Morgan fingerprint density at radius 1 is 1.41 bits per heavy atom. The zero-order valence-corrected chi connectivity index (χ0v) is 10.6. The Bertz CT molecular complexity index is 281. The van der Waals surface area contributed by atoms with Crippen LogP contribution in [0.25, 0.3) is 0 Å². The third-order valence-corrected chi connectivity index (χ3v) is 3.10. The Morgan fingerprint density at radius 2 is 2.12 bits per heavy atom. The molecule has 1 amide bonds. The Labute approximate surface area is 102 Å². The molecule has 1 heterocycles. The summed E-state index contributed by atoms with van der Waals surface area (Å²) < 4.78 is 5.00. The van der Waals surface area contributed by atoms with Crippen LogP contribution in [0.2, 0.25) is 0 Å². The van der Waals surface area contributed by atoms with E-state index in [2.05, 4.69) is 0 Å². The van der Waals surface area contributed by atoms with Gasteiger partial charge in [-0.15, -0.1) is 0 Å². The van der Waals surface area contributed by atoms with E-state index >= 15 is 0 Å². The number of hydrogen-bond donors (Lipinski definition) is 1. The van der Waals surface area contributed by atoms with Crippen LogP contribution >= 0.6 is 0 Å². The summed E-state index contributed by atoms with van der Waals surface area (Å²) in [6, 6.07) is -0.946. The number of nitrogens with zero attached hydrogens (tertiary/aromatic N) is 1. The van der Waals surface area contributed by atoms with Gasteiger partial charge in [0.2, 0.25) is 5.91 Å². The molecule has 0 radical (unpaired) electrons. The van der Waals surface area contributed by atoms with Crippen LogP contribution in [0.15, 0.2) is 0 Å². The average Bonchev–Trinajstić information content (AvgIpc) is 2.37. The van der Waals surface area contributed by atoms with Gasteiger partial charge in [0.25, 0.3) is 0 Å². The summed E-state index contributed by atoms with van der Waals surface area (Å²) in [5, 5.41) is 0. The summed E-state index contributed by atoms with van der Waals surface area (Å²) in [7, 11) is 0. The number of ether oxygens (including phenoxy) is 1. The highest BCUT2D eigenvalue weighted by Crippen LogP contribution is 2.19. The molecule has 0 aromatic heterocycles. The smallest absolute Gasteiger partial charge is 0.328 e. The molecule has 5 nitrogen and oxygen atoms in total. The van der Waals surface area contributed by atoms with Gasteiger partial charge in [-0.25, -0.2) is 4.79 Å². The maximum absolute atomic E-state index is 12.0. The molecule has 1 aliphatic heterocycles. The highest BCUT2D eigenvalue weighted by molar-refractivity contribution is 5.87. The second-order valence-corrected chi connectivity index (χ2v) is 4.31. The number of carbonyl (C=O) groups excluding carboxylic acids is 2. The van der Waals surface area contributed by atoms with Crippen LogP contribution in [0.3, 0.4) is 0 Å². The van der Waals surface area contributed by atoms with Crippen LogP contribution in [0.5, 0.6) is 0 Å². The number of likely N-dealkylation sites (tertiary alicyclic amines) is 1. The van der Waals surface area contributed by atoms with Gasteiger partial charge in [-0.3, -0.25) is 4.79 Å². The molecule has 0 bridgehead atoms. The number of esters is 1. The predicted octanol–water partition coefficient (Wildman–Crippen LogP) is 0.668. The third-order valence-electron chi connectivity index (χ3n) is 3.10. The summed E-state index contributed by atoms with van der Waals surface area (Å²) in [6.07, 6.45) is 3.15. The molecule has 1 saturated heterocycles. The first kappa shape index (κ1) is 14.0. The first-order chi connectivity index (χ1) is 8.11. The lowest BCUT2D eigenvalue weighted by molar-refractivity contribution is -0.157. The summed E-state index contributed by atoms with van der Waals surface area (Å²) in [4.78, 5) is 25.4. The molecule has 0 saturated carbocycles. The molecule has 1 fully saturated rings. The van der Waals surface area contributed by atoms with Gasteiger partial charge in [0, 0.05) is 6.54 Å². The van der Waals surface area contributed by atoms with Gasteiger partial charge in [0.15, 0.2) is 0 Å². The van der Waals surface area contributed by atoms with Crippen molar-refractivity contribution in [3.63, 3.8) is 0 Å². The van der Waals surface area contributed by atoms with Crippen molar-refractivity contribution in [3.8, 4) is 0 Å². The van der Waals surface area contributed by atoms with Crippen LogP contribution in [0.4, 0.5) is 0 Å². The minimum Gasteiger partial charge on any atom is -0.464 e. The van der Waals surface area contributed by atoms with Crippen molar-refractivity contribution in [2.24, 2.45) is 5.73 Å². The maximum Gasteiger partial charge on any atom is 0.328 e. The Hall–Kier alpha value is -1.10. The molecule has 2 N–H and O–H groups in total. The topological polar surface area (TPSA) is 72.6 Å². The SMILES string of the molecule is CCOC(=O)C1CCCCN1C(=O)[C@@H](N)CC.